The highest BCUT2D eigenvalue weighted by Crippen LogP contribution is 2.21. The SMILES string of the molecule is CN(CC(=O)Nc1ccc(N2CCOCC2)cc1)C(=O)c1csc(-c2ncccn2)n1. The number of anilines is 2. The summed E-state index contributed by atoms with van der Waals surface area (Å²) in [6.07, 6.45) is 3.24. The van der Waals surface area contributed by atoms with Crippen LogP contribution in [0.2, 0.25) is 0 Å². The van der Waals surface area contributed by atoms with Crippen LogP contribution in [0, 0.1) is 0 Å². The molecule has 0 spiro atoms. The Balaban J connectivity index is 1.32. The van der Waals surface area contributed by atoms with Gasteiger partial charge in [0.05, 0.1) is 19.8 Å². The second-order valence-electron chi connectivity index (χ2n) is 6.97. The number of ether oxygens (including phenoxy) is 1. The van der Waals surface area contributed by atoms with E-state index in [1.807, 2.05) is 24.3 Å². The van der Waals surface area contributed by atoms with E-state index >= 15 is 0 Å². The first kappa shape index (κ1) is 20.9. The van der Waals surface area contributed by atoms with Crippen molar-refractivity contribution in [3.63, 3.8) is 0 Å². The highest BCUT2D eigenvalue weighted by molar-refractivity contribution is 7.13. The van der Waals surface area contributed by atoms with E-state index in [2.05, 4.69) is 25.2 Å². The molecule has 3 aromatic rings. The molecule has 1 aliphatic heterocycles. The average molecular weight is 439 g/mol. The summed E-state index contributed by atoms with van der Waals surface area (Å²) in [6.45, 7) is 3.06. The highest BCUT2D eigenvalue weighted by atomic mass is 32.1. The molecule has 4 rings (SSSR count). The molecule has 1 fully saturated rings. The number of likely N-dealkylation sites (N-methyl/N-ethyl adjacent to an activating group) is 1. The van der Waals surface area contributed by atoms with E-state index in [1.54, 1.807) is 30.9 Å². The fraction of sp³-hybridized carbons (Fsp3) is 0.286. The Bertz CT molecular complexity index is 1030. The van der Waals surface area contributed by atoms with E-state index in [0.717, 1.165) is 32.0 Å². The summed E-state index contributed by atoms with van der Waals surface area (Å²) < 4.78 is 5.37. The zero-order chi connectivity index (χ0) is 21.6. The molecule has 0 aliphatic carbocycles. The van der Waals surface area contributed by atoms with Crippen LogP contribution < -0.4 is 10.2 Å². The number of hydrogen-bond donors (Lipinski definition) is 1. The molecule has 3 heterocycles. The second-order valence-corrected chi connectivity index (χ2v) is 7.82. The molecule has 1 saturated heterocycles. The summed E-state index contributed by atoms with van der Waals surface area (Å²) in [5.41, 5.74) is 2.04. The fourth-order valence-electron chi connectivity index (χ4n) is 3.14. The van der Waals surface area contributed by atoms with Crippen LogP contribution >= 0.6 is 11.3 Å². The number of morpholine rings is 1. The number of rotatable bonds is 6. The number of amides is 2. The fourth-order valence-corrected chi connectivity index (χ4v) is 3.88. The number of carbonyl (C=O) groups is 2. The quantitative estimate of drug-likeness (QED) is 0.629. The van der Waals surface area contributed by atoms with Gasteiger partial charge in [0, 0.05) is 49.3 Å². The molecule has 31 heavy (non-hydrogen) atoms. The number of nitrogens with one attached hydrogen (secondary N) is 1. The van der Waals surface area contributed by atoms with Crippen LogP contribution in [0.4, 0.5) is 11.4 Å². The zero-order valence-electron chi connectivity index (χ0n) is 17.0. The maximum absolute atomic E-state index is 12.6. The Morgan fingerprint density at radius 2 is 1.87 bits per heavy atom. The van der Waals surface area contributed by atoms with Crippen molar-refractivity contribution >= 4 is 34.5 Å². The van der Waals surface area contributed by atoms with E-state index in [0.29, 0.717) is 16.5 Å². The van der Waals surface area contributed by atoms with Crippen molar-refractivity contribution in [2.45, 2.75) is 0 Å². The molecule has 0 bridgehead atoms. The smallest absolute Gasteiger partial charge is 0.273 e. The topological polar surface area (TPSA) is 101 Å². The summed E-state index contributed by atoms with van der Waals surface area (Å²) in [4.78, 5) is 41.2. The van der Waals surface area contributed by atoms with E-state index in [9.17, 15) is 9.59 Å². The Morgan fingerprint density at radius 3 is 2.58 bits per heavy atom. The van der Waals surface area contributed by atoms with Gasteiger partial charge in [0.25, 0.3) is 5.91 Å². The predicted molar refractivity (Wildman–Crippen MR) is 118 cm³/mol. The number of aromatic nitrogens is 3. The van der Waals surface area contributed by atoms with Crippen LogP contribution in [0.25, 0.3) is 10.8 Å². The maximum Gasteiger partial charge on any atom is 0.273 e. The minimum Gasteiger partial charge on any atom is -0.378 e. The van der Waals surface area contributed by atoms with Gasteiger partial charge in [0.1, 0.15) is 5.69 Å². The van der Waals surface area contributed by atoms with E-state index in [-0.39, 0.29) is 24.1 Å². The first-order chi connectivity index (χ1) is 15.1. The minimum atomic E-state index is -0.337. The molecule has 0 atom stereocenters. The van der Waals surface area contributed by atoms with Crippen LogP contribution in [0.15, 0.2) is 48.1 Å². The lowest BCUT2D eigenvalue weighted by Crippen LogP contribution is -2.36. The van der Waals surface area contributed by atoms with Gasteiger partial charge in [-0.25, -0.2) is 15.0 Å². The van der Waals surface area contributed by atoms with Gasteiger partial charge < -0.3 is 19.9 Å². The summed E-state index contributed by atoms with van der Waals surface area (Å²) >= 11 is 1.29. The molecule has 0 saturated carbocycles. The van der Waals surface area contributed by atoms with Gasteiger partial charge in [-0.2, -0.15) is 0 Å². The van der Waals surface area contributed by atoms with Gasteiger partial charge in [-0.15, -0.1) is 11.3 Å². The third kappa shape index (κ3) is 5.22. The number of benzene rings is 1. The van der Waals surface area contributed by atoms with Gasteiger partial charge in [0.15, 0.2) is 10.8 Å². The Labute approximate surface area is 183 Å². The van der Waals surface area contributed by atoms with Crippen molar-refractivity contribution < 1.29 is 14.3 Å². The summed E-state index contributed by atoms with van der Waals surface area (Å²) in [7, 11) is 1.57. The van der Waals surface area contributed by atoms with Crippen molar-refractivity contribution in [1.82, 2.24) is 19.9 Å². The molecule has 1 N–H and O–H groups in total. The van der Waals surface area contributed by atoms with Gasteiger partial charge in [-0.3, -0.25) is 9.59 Å². The number of hydrogen-bond acceptors (Lipinski definition) is 8. The first-order valence-corrected chi connectivity index (χ1v) is 10.7. The van der Waals surface area contributed by atoms with Crippen LogP contribution in [-0.4, -0.2) is 71.6 Å². The molecule has 10 heteroatoms. The molecule has 2 aromatic heterocycles. The molecular weight excluding hydrogens is 416 g/mol. The lowest BCUT2D eigenvalue weighted by Gasteiger charge is -2.28. The predicted octanol–water partition coefficient (Wildman–Crippen LogP) is 2.15. The normalized spacial score (nSPS) is 13.6. The largest absolute Gasteiger partial charge is 0.378 e. The maximum atomic E-state index is 12.6. The van der Waals surface area contributed by atoms with Gasteiger partial charge >= 0.3 is 0 Å². The van der Waals surface area contributed by atoms with E-state index < -0.39 is 0 Å². The van der Waals surface area contributed by atoms with Crippen LogP contribution in [0.3, 0.4) is 0 Å². The van der Waals surface area contributed by atoms with E-state index in [4.69, 9.17) is 4.74 Å². The van der Waals surface area contributed by atoms with Crippen LogP contribution in [-0.2, 0) is 9.53 Å². The zero-order valence-corrected chi connectivity index (χ0v) is 17.8. The minimum absolute atomic E-state index is 0.0846. The van der Waals surface area contributed by atoms with Gasteiger partial charge in [-0.05, 0) is 30.3 Å². The van der Waals surface area contributed by atoms with Crippen molar-refractivity contribution in [3.8, 4) is 10.8 Å². The molecular formula is C21H22N6O3S. The third-order valence-electron chi connectivity index (χ3n) is 4.74. The molecule has 0 unspecified atom stereocenters. The molecule has 1 aliphatic rings. The highest BCUT2D eigenvalue weighted by Gasteiger charge is 2.19. The lowest BCUT2D eigenvalue weighted by atomic mass is 10.2. The first-order valence-electron chi connectivity index (χ1n) is 9.81. The van der Waals surface area contributed by atoms with Crippen molar-refractivity contribution in [1.29, 1.82) is 0 Å². The lowest BCUT2D eigenvalue weighted by molar-refractivity contribution is -0.116. The molecule has 160 valence electrons. The molecule has 0 radical (unpaired) electrons. The second kappa shape index (κ2) is 9.63. The van der Waals surface area contributed by atoms with Gasteiger partial charge in [-0.1, -0.05) is 0 Å². The monoisotopic (exact) mass is 438 g/mol. The summed E-state index contributed by atoms with van der Waals surface area (Å²) in [5.74, 6) is -0.152. The van der Waals surface area contributed by atoms with Crippen LogP contribution in [0.1, 0.15) is 10.5 Å². The van der Waals surface area contributed by atoms with Crippen molar-refractivity contribution in [2.24, 2.45) is 0 Å². The van der Waals surface area contributed by atoms with Crippen molar-refractivity contribution in [2.75, 3.05) is 50.1 Å². The Kier molecular flexibility index (Phi) is 6.48. The van der Waals surface area contributed by atoms with Gasteiger partial charge in [0.2, 0.25) is 5.91 Å². The number of nitrogens with zero attached hydrogens (tertiary/aromatic N) is 5. The molecule has 9 nitrogen and oxygen atoms in total. The van der Waals surface area contributed by atoms with E-state index in [1.165, 1.54) is 16.2 Å². The Morgan fingerprint density at radius 1 is 1.16 bits per heavy atom. The van der Waals surface area contributed by atoms with Crippen molar-refractivity contribution in [3.05, 3.63) is 53.8 Å². The molecule has 2 amide bonds. The van der Waals surface area contributed by atoms with Crippen LogP contribution in [0.5, 0.6) is 0 Å². The average Bonchev–Trinajstić information content (AvgIpc) is 3.30. The standard InChI is InChI=1S/C21H22N6O3S/c1-26(21(29)17-14-31-20(25-17)19-22-7-2-8-23-19)13-18(28)24-15-3-5-16(6-4-15)27-9-11-30-12-10-27/h2-8,14H,9-13H2,1H3,(H,24,28). The number of thiazole rings is 1. The summed E-state index contributed by atoms with van der Waals surface area (Å²) in [5, 5.41) is 5.03. The third-order valence-corrected chi connectivity index (χ3v) is 5.57. The molecule has 1 aromatic carbocycles. The number of carbonyl (C=O) groups excluding carboxylic acids is 2. The summed E-state index contributed by atoms with van der Waals surface area (Å²) in [6, 6.07) is 9.37. The Hall–Kier alpha value is -3.37.